The van der Waals surface area contributed by atoms with E-state index in [2.05, 4.69) is 86.8 Å². The second-order valence-corrected chi connectivity index (χ2v) is 23.5. The number of hydrogen-bond donors (Lipinski definition) is 1. The van der Waals surface area contributed by atoms with Crippen LogP contribution in [-0.2, 0) is 32.7 Å². The third-order valence-electron chi connectivity index (χ3n) is 13.5. The first kappa shape index (κ1) is 72.5. The molecule has 75 heavy (non-hydrogen) atoms. The number of carbonyl (C=O) groups excluding carboxylic acids is 2. The number of rotatable bonds is 57. The summed E-state index contributed by atoms with van der Waals surface area (Å²) in [5.74, 6) is -0.788. The predicted octanol–water partition coefficient (Wildman–Crippen LogP) is 19.7. The largest absolute Gasteiger partial charge is 0.472 e. The van der Waals surface area contributed by atoms with Gasteiger partial charge in [0.05, 0.1) is 27.7 Å². The second kappa shape index (κ2) is 56.2. The quantitative estimate of drug-likeness (QED) is 0.0211. The lowest BCUT2D eigenvalue weighted by Crippen LogP contribution is -2.37. The van der Waals surface area contributed by atoms with Crippen LogP contribution in [0.15, 0.2) is 72.9 Å². The van der Waals surface area contributed by atoms with Crippen molar-refractivity contribution in [3.63, 3.8) is 0 Å². The SMILES string of the molecule is CC/C=C\C/C=C\C/C=C\C/C=C\C/C=C\C/C=C\CCCCCCCCCCCCCCCCCCCCCCCCC(=O)OC(COC(=O)CCCCCCCCCCCC)COP(=O)(O)OCC[N+](C)(C)C. The Morgan fingerprint density at radius 2 is 0.760 bits per heavy atom. The number of likely N-dealkylation sites (N-methyl/N-ethyl adjacent to an activating group) is 1. The van der Waals surface area contributed by atoms with Gasteiger partial charge in [-0.15, -0.1) is 0 Å². The van der Waals surface area contributed by atoms with Gasteiger partial charge < -0.3 is 18.9 Å². The Morgan fingerprint density at radius 3 is 1.13 bits per heavy atom. The lowest BCUT2D eigenvalue weighted by Gasteiger charge is -2.24. The minimum atomic E-state index is -4.38. The number of ether oxygens (including phenoxy) is 2. The summed E-state index contributed by atoms with van der Waals surface area (Å²) in [5, 5.41) is 0. The maximum Gasteiger partial charge on any atom is 0.472 e. The molecular weight excluding hydrogens is 954 g/mol. The molecule has 436 valence electrons. The number of carbonyl (C=O) groups is 2. The molecule has 0 aromatic carbocycles. The lowest BCUT2D eigenvalue weighted by molar-refractivity contribution is -0.870. The number of phosphoric acid groups is 1. The number of phosphoric ester groups is 1. The fraction of sp³-hybridized carbons (Fsp3) is 0.785. The summed E-state index contributed by atoms with van der Waals surface area (Å²) in [4.78, 5) is 35.5. The van der Waals surface area contributed by atoms with Crippen molar-refractivity contribution >= 4 is 19.8 Å². The molecule has 0 aromatic rings. The standard InChI is InChI=1S/C65H118NO8P/c1-6-8-10-12-14-16-18-19-20-21-22-23-24-25-26-27-28-29-30-31-32-33-34-35-36-37-38-39-40-41-42-43-44-45-46-47-48-50-52-54-56-58-65(68)74-63(62-73-75(69,70)72-60-59-66(3,4)5)61-71-64(67)57-55-53-51-49-17-15-13-11-9-7-2/h8,10,14,16,19-20,22-23,25-26,28-29,63H,6-7,9,11-13,15,17-18,21,24,27,30-62H2,1-5H3/p+1/b10-8-,16-14-,20-19-,23-22-,26-25-,29-28-. The summed E-state index contributed by atoms with van der Waals surface area (Å²) in [7, 11) is 1.49. The highest BCUT2D eigenvalue weighted by molar-refractivity contribution is 7.47. The predicted molar refractivity (Wildman–Crippen MR) is 321 cm³/mol. The third kappa shape index (κ3) is 60.5. The Hall–Kier alpha value is -2.55. The maximum absolute atomic E-state index is 12.8. The van der Waals surface area contributed by atoms with Gasteiger partial charge in [-0.2, -0.15) is 0 Å². The van der Waals surface area contributed by atoms with Gasteiger partial charge in [0.15, 0.2) is 6.10 Å². The fourth-order valence-corrected chi connectivity index (χ4v) is 9.47. The van der Waals surface area contributed by atoms with Crippen molar-refractivity contribution in [1.29, 1.82) is 0 Å². The van der Waals surface area contributed by atoms with Gasteiger partial charge in [0.25, 0.3) is 0 Å². The average Bonchev–Trinajstić information content (AvgIpc) is 3.37. The van der Waals surface area contributed by atoms with E-state index in [1.807, 2.05) is 21.1 Å². The Labute approximate surface area is 463 Å². The molecule has 0 aliphatic rings. The van der Waals surface area contributed by atoms with Gasteiger partial charge in [-0.25, -0.2) is 4.57 Å². The number of esters is 2. The van der Waals surface area contributed by atoms with E-state index in [4.69, 9.17) is 18.5 Å². The molecule has 9 nitrogen and oxygen atoms in total. The van der Waals surface area contributed by atoms with Crippen molar-refractivity contribution in [1.82, 2.24) is 0 Å². The van der Waals surface area contributed by atoms with Crippen LogP contribution in [0.4, 0.5) is 0 Å². The van der Waals surface area contributed by atoms with E-state index in [1.165, 1.54) is 173 Å². The highest BCUT2D eigenvalue weighted by atomic mass is 31.2. The van der Waals surface area contributed by atoms with Crippen LogP contribution < -0.4 is 0 Å². The summed E-state index contributed by atoms with van der Waals surface area (Å²) < 4.78 is 34.5. The smallest absolute Gasteiger partial charge is 0.462 e. The van der Waals surface area contributed by atoms with E-state index >= 15 is 0 Å². The summed E-state index contributed by atoms with van der Waals surface area (Å²) in [6.07, 6.45) is 74.5. The number of allylic oxidation sites excluding steroid dienone is 12. The summed E-state index contributed by atoms with van der Waals surface area (Å²) in [5.41, 5.74) is 0. The van der Waals surface area contributed by atoms with Crippen LogP contribution in [0.25, 0.3) is 0 Å². The van der Waals surface area contributed by atoms with Crippen LogP contribution in [0, 0.1) is 0 Å². The number of unbranched alkanes of at least 4 members (excludes halogenated alkanes) is 31. The molecule has 0 aromatic heterocycles. The van der Waals surface area contributed by atoms with Crippen LogP contribution in [0.3, 0.4) is 0 Å². The van der Waals surface area contributed by atoms with Crippen LogP contribution in [0.1, 0.15) is 277 Å². The zero-order valence-corrected chi connectivity index (χ0v) is 50.4. The van der Waals surface area contributed by atoms with E-state index in [1.54, 1.807) is 0 Å². The molecule has 0 radical (unpaired) electrons. The topological polar surface area (TPSA) is 108 Å². The molecule has 0 saturated carbocycles. The van der Waals surface area contributed by atoms with E-state index in [9.17, 15) is 19.0 Å². The normalized spacial score (nSPS) is 13.7. The van der Waals surface area contributed by atoms with Gasteiger partial charge in [-0.1, -0.05) is 273 Å². The Kier molecular flexibility index (Phi) is 54.3. The van der Waals surface area contributed by atoms with Crippen LogP contribution in [0.2, 0.25) is 0 Å². The van der Waals surface area contributed by atoms with Crippen molar-refractivity contribution in [2.45, 2.75) is 283 Å². The fourth-order valence-electron chi connectivity index (χ4n) is 8.73. The minimum absolute atomic E-state index is 0.0333. The Morgan fingerprint density at radius 1 is 0.427 bits per heavy atom. The zero-order chi connectivity index (χ0) is 54.9. The van der Waals surface area contributed by atoms with Gasteiger partial charge in [0.1, 0.15) is 19.8 Å². The van der Waals surface area contributed by atoms with Crippen molar-refractivity contribution < 1.29 is 42.1 Å². The van der Waals surface area contributed by atoms with E-state index in [0.717, 1.165) is 70.6 Å². The number of quaternary nitrogens is 1. The minimum Gasteiger partial charge on any atom is -0.462 e. The first-order chi connectivity index (χ1) is 36.5. The Balaban J connectivity index is 3.85. The molecule has 0 aliphatic carbocycles. The first-order valence-electron chi connectivity index (χ1n) is 31.2. The summed E-state index contributed by atoms with van der Waals surface area (Å²) in [6, 6.07) is 0. The van der Waals surface area contributed by atoms with Gasteiger partial charge in [0.2, 0.25) is 0 Å². The van der Waals surface area contributed by atoms with Crippen LogP contribution in [0.5, 0.6) is 0 Å². The third-order valence-corrected chi connectivity index (χ3v) is 14.5. The monoisotopic (exact) mass is 1070 g/mol. The molecule has 0 rings (SSSR count). The Bertz CT molecular complexity index is 1500. The molecule has 0 saturated heterocycles. The van der Waals surface area contributed by atoms with Crippen molar-refractivity contribution in [2.24, 2.45) is 0 Å². The molecule has 2 unspecified atom stereocenters. The van der Waals surface area contributed by atoms with E-state index in [-0.39, 0.29) is 25.6 Å². The maximum atomic E-state index is 12.8. The zero-order valence-electron chi connectivity index (χ0n) is 49.5. The van der Waals surface area contributed by atoms with Gasteiger partial charge in [-0.3, -0.25) is 18.6 Å². The molecule has 0 spiro atoms. The lowest BCUT2D eigenvalue weighted by atomic mass is 10.0. The average molecular weight is 1070 g/mol. The summed E-state index contributed by atoms with van der Waals surface area (Å²) in [6.45, 7) is 4.32. The van der Waals surface area contributed by atoms with Gasteiger partial charge in [-0.05, 0) is 64.2 Å². The highest BCUT2D eigenvalue weighted by Gasteiger charge is 2.27. The van der Waals surface area contributed by atoms with Crippen LogP contribution in [-0.4, -0.2) is 74.9 Å². The van der Waals surface area contributed by atoms with Gasteiger partial charge >= 0.3 is 19.8 Å². The molecule has 0 heterocycles. The molecule has 2 atom stereocenters. The van der Waals surface area contributed by atoms with Crippen molar-refractivity contribution in [2.75, 3.05) is 47.5 Å². The molecule has 10 heteroatoms. The van der Waals surface area contributed by atoms with Gasteiger partial charge in [0, 0.05) is 12.8 Å². The molecule has 0 bridgehead atoms. The van der Waals surface area contributed by atoms with Crippen molar-refractivity contribution in [3.05, 3.63) is 72.9 Å². The van der Waals surface area contributed by atoms with E-state index in [0.29, 0.717) is 23.9 Å². The summed E-state index contributed by atoms with van der Waals surface area (Å²) >= 11 is 0. The molecule has 0 amide bonds. The molecule has 1 N–H and O–H groups in total. The van der Waals surface area contributed by atoms with E-state index < -0.39 is 26.5 Å². The van der Waals surface area contributed by atoms with Crippen molar-refractivity contribution in [3.8, 4) is 0 Å². The first-order valence-corrected chi connectivity index (χ1v) is 32.7. The number of hydrogen-bond acceptors (Lipinski definition) is 7. The van der Waals surface area contributed by atoms with Crippen LogP contribution >= 0.6 is 7.82 Å². The number of nitrogens with zero attached hydrogens (tertiary/aromatic N) is 1. The molecular formula is C65H119NO8P+. The highest BCUT2D eigenvalue weighted by Crippen LogP contribution is 2.43. The molecule has 0 fully saturated rings. The molecule has 0 aliphatic heterocycles. The second-order valence-electron chi connectivity index (χ2n) is 22.1.